The van der Waals surface area contributed by atoms with E-state index in [0.717, 1.165) is 5.56 Å². The molecule has 0 aliphatic carbocycles. The lowest BCUT2D eigenvalue weighted by atomic mass is 9.98. The Morgan fingerprint density at radius 3 is 2.82 bits per heavy atom. The van der Waals surface area contributed by atoms with Crippen LogP contribution in [0.1, 0.15) is 23.6 Å². The van der Waals surface area contributed by atoms with Gasteiger partial charge in [-0.3, -0.25) is 14.2 Å². The number of benzene rings is 1. The minimum atomic E-state index is -3.76. The molecule has 1 aliphatic rings. The van der Waals surface area contributed by atoms with Crippen molar-refractivity contribution in [1.29, 1.82) is 0 Å². The van der Waals surface area contributed by atoms with Crippen LogP contribution in [0, 0.1) is 6.92 Å². The van der Waals surface area contributed by atoms with Crippen molar-refractivity contribution in [2.75, 3.05) is 10.8 Å². The molecule has 0 saturated carbocycles. The topological polar surface area (TPSA) is 103 Å². The number of hydrogen-bond donors (Lipinski definition) is 2. The van der Waals surface area contributed by atoms with Crippen LogP contribution < -0.4 is 4.31 Å². The number of aromatic amines is 1. The Morgan fingerprint density at radius 2 is 2.18 bits per heavy atom. The van der Waals surface area contributed by atoms with Crippen LogP contribution in [0.15, 0.2) is 35.4 Å². The number of nitrogens with zero attached hydrogens (tertiary/aromatic N) is 2. The zero-order valence-electron chi connectivity index (χ0n) is 11.9. The highest BCUT2D eigenvalue weighted by Gasteiger charge is 2.38. The van der Waals surface area contributed by atoms with Crippen LogP contribution in [0.3, 0.4) is 0 Å². The molecular weight excluding hydrogens is 306 g/mol. The van der Waals surface area contributed by atoms with Gasteiger partial charge in [-0.05, 0) is 18.6 Å². The average molecular weight is 321 g/mol. The number of fused-ring (bicyclic) bond motifs is 1. The highest BCUT2D eigenvalue weighted by Crippen LogP contribution is 2.41. The third kappa shape index (κ3) is 2.25. The number of carbonyl (C=O) groups is 1. The van der Waals surface area contributed by atoms with Gasteiger partial charge in [0, 0.05) is 12.5 Å². The molecule has 1 aliphatic heterocycles. The molecule has 2 N–H and O–H groups in total. The van der Waals surface area contributed by atoms with Crippen molar-refractivity contribution >= 4 is 21.7 Å². The third-order valence-corrected chi connectivity index (χ3v) is 5.70. The third-order valence-electron chi connectivity index (χ3n) is 3.80. The summed E-state index contributed by atoms with van der Waals surface area (Å²) in [6.45, 7) is 1.76. The van der Waals surface area contributed by atoms with Crippen molar-refractivity contribution in [3.8, 4) is 0 Å². The van der Waals surface area contributed by atoms with Crippen LogP contribution >= 0.6 is 0 Å². The highest BCUT2D eigenvalue weighted by molar-refractivity contribution is 7.92. The minimum Gasteiger partial charge on any atom is -0.481 e. The van der Waals surface area contributed by atoms with Crippen molar-refractivity contribution in [1.82, 2.24) is 10.2 Å². The van der Waals surface area contributed by atoms with Gasteiger partial charge in [0.1, 0.15) is 4.90 Å². The maximum atomic E-state index is 12.8. The molecule has 22 heavy (non-hydrogen) atoms. The fraction of sp³-hybridized carbons (Fsp3) is 0.286. The molecule has 116 valence electrons. The van der Waals surface area contributed by atoms with E-state index in [-0.39, 0.29) is 23.8 Å². The molecule has 7 nitrogen and oxygen atoms in total. The van der Waals surface area contributed by atoms with E-state index in [2.05, 4.69) is 10.2 Å². The summed E-state index contributed by atoms with van der Waals surface area (Å²) < 4.78 is 26.9. The van der Waals surface area contributed by atoms with E-state index in [0.29, 0.717) is 11.4 Å². The van der Waals surface area contributed by atoms with Crippen molar-refractivity contribution in [2.45, 2.75) is 24.2 Å². The first-order chi connectivity index (χ1) is 10.4. The Labute approximate surface area is 127 Å². The van der Waals surface area contributed by atoms with Gasteiger partial charge in [-0.15, -0.1) is 0 Å². The summed E-state index contributed by atoms with van der Waals surface area (Å²) in [5.74, 6) is -1.30. The summed E-state index contributed by atoms with van der Waals surface area (Å²) in [5, 5.41) is 15.4. The molecule has 1 atom stereocenters. The first-order valence-corrected chi connectivity index (χ1v) is 8.18. The van der Waals surface area contributed by atoms with Crippen molar-refractivity contribution in [2.24, 2.45) is 0 Å². The van der Waals surface area contributed by atoms with Gasteiger partial charge in [0.05, 0.1) is 24.0 Å². The number of H-pyrrole nitrogens is 1. The van der Waals surface area contributed by atoms with Crippen LogP contribution in [0.2, 0.25) is 0 Å². The fourth-order valence-corrected chi connectivity index (χ4v) is 4.45. The van der Waals surface area contributed by atoms with Gasteiger partial charge in [-0.2, -0.15) is 5.10 Å². The second kappa shape index (κ2) is 5.13. The van der Waals surface area contributed by atoms with E-state index < -0.39 is 16.0 Å². The molecule has 1 aromatic heterocycles. The van der Waals surface area contributed by atoms with E-state index in [1.807, 2.05) is 0 Å². The van der Waals surface area contributed by atoms with Crippen LogP contribution in [-0.2, 0) is 14.8 Å². The van der Waals surface area contributed by atoms with Gasteiger partial charge in [0.15, 0.2) is 0 Å². The second-order valence-corrected chi connectivity index (χ2v) is 7.08. The number of rotatable bonds is 4. The number of carboxylic acids is 1. The summed E-state index contributed by atoms with van der Waals surface area (Å²) in [6.07, 6.45) is 1.17. The van der Waals surface area contributed by atoms with E-state index in [1.165, 1.54) is 10.5 Å². The lowest BCUT2D eigenvalue weighted by Gasteiger charge is -2.19. The quantitative estimate of drug-likeness (QED) is 0.888. The number of nitrogens with one attached hydrogen (secondary N) is 1. The number of aryl methyl sites for hydroxylation is 1. The van der Waals surface area contributed by atoms with E-state index in [9.17, 15) is 13.2 Å². The van der Waals surface area contributed by atoms with Gasteiger partial charge in [-0.1, -0.05) is 18.2 Å². The Hall–Kier alpha value is -2.35. The number of hydrogen-bond acceptors (Lipinski definition) is 4. The molecule has 0 amide bonds. The lowest BCUT2D eigenvalue weighted by molar-refractivity contribution is -0.137. The predicted octanol–water partition coefficient (Wildman–Crippen LogP) is 1.49. The number of carboxylic acid groups (broad SMARTS) is 1. The molecule has 8 heteroatoms. The maximum Gasteiger partial charge on any atom is 0.304 e. The first-order valence-electron chi connectivity index (χ1n) is 6.74. The Balaban J connectivity index is 2.06. The van der Waals surface area contributed by atoms with Gasteiger partial charge in [0.2, 0.25) is 0 Å². The first kappa shape index (κ1) is 14.6. The molecule has 0 fully saturated rings. The van der Waals surface area contributed by atoms with Gasteiger partial charge in [0.25, 0.3) is 10.0 Å². The number of sulfonamides is 1. The monoisotopic (exact) mass is 321 g/mol. The predicted molar refractivity (Wildman–Crippen MR) is 79.3 cm³/mol. The molecule has 3 rings (SSSR count). The standard InChI is InChI=1S/C14H15N3O4S/c1-9-13(7-15-16-9)22(20,21)17-8-10(6-14(18)19)11-4-2-3-5-12(11)17/h2-5,7,10H,6,8H2,1H3,(H,15,16)(H,18,19)/t10-/m1/s1. The SMILES string of the molecule is Cc1[nH]ncc1S(=O)(=O)N1C[C@@H](CC(=O)O)c2ccccc21. The Bertz CT molecular complexity index is 828. The Kier molecular flexibility index (Phi) is 3.40. The number of anilines is 1. The summed E-state index contributed by atoms with van der Waals surface area (Å²) in [4.78, 5) is 11.1. The fourth-order valence-electron chi connectivity index (χ4n) is 2.79. The van der Waals surface area contributed by atoms with Gasteiger partial charge < -0.3 is 5.11 Å². The van der Waals surface area contributed by atoms with Crippen molar-refractivity contribution in [3.63, 3.8) is 0 Å². The van der Waals surface area contributed by atoms with Gasteiger partial charge in [-0.25, -0.2) is 8.42 Å². The molecule has 0 spiro atoms. The average Bonchev–Trinajstić information content (AvgIpc) is 3.04. The van der Waals surface area contributed by atoms with Crippen LogP contribution in [0.4, 0.5) is 5.69 Å². The molecule has 0 bridgehead atoms. The van der Waals surface area contributed by atoms with Crippen LogP contribution in [0.5, 0.6) is 0 Å². The minimum absolute atomic E-state index is 0.104. The van der Waals surface area contributed by atoms with Crippen molar-refractivity contribution < 1.29 is 18.3 Å². The zero-order valence-corrected chi connectivity index (χ0v) is 12.7. The van der Waals surface area contributed by atoms with E-state index in [1.54, 1.807) is 31.2 Å². The van der Waals surface area contributed by atoms with E-state index in [4.69, 9.17) is 5.11 Å². The number of aromatic nitrogens is 2. The van der Waals surface area contributed by atoms with Crippen LogP contribution in [0.25, 0.3) is 0 Å². The highest BCUT2D eigenvalue weighted by atomic mass is 32.2. The lowest BCUT2D eigenvalue weighted by Crippen LogP contribution is -2.30. The normalized spacial score (nSPS) is 17.5. The Morgan fingerprint density at radius 1 is 1.45 bits per heavy atom. The molecule has 2 heterocycles. The molecular formula is C14H15N3O4S. The summed E-state index contributed by atoms with van der Waals surface area (Å²) in [5.41, 5.74) is 1.74. The summed E-state index contributed by atoms with van der Waals surface area (Å²) in [7, 11) is -3.76. The smallest absolute Gasteiger partial charge is 0.304 e. The molecule has 2 aromatic rings. The van der Waals surface area contributed by atoms with Crippen molar-refractivity contribution in [3.05, 3.63) is 41.7 Å². The second-order valence-electron chi connectivity index (χ2n) is 5.25. The van der Waals surface area contributed by atoms with Gasteiger partial charge >= 0.3 is 5.97 Å². The molecule has 0 radical (unpaired) electrons. The van der Waals surface area contributed by atoms with Crippen LogP contribution in [-0.4, -0.2) is 36.2 Å². The summed E-state index contributed by atoms with van der Waals surface area (Å²) in [6, 6.07) is 7.00. The van der Waals surface area contributed by atoms with E-state index >= 15 is 0 Å². The molecule has 0 unspecified atom stereocenters. The summed E-state index contributed by atoms with van der Waals surface area (Å²) >= 11 is 0. The molecule has 1 aromatic carbocycles. The molecule has 0 saturated heterocycles. The number of para-hydroxylation sites is 1. The zero-order chi connectivity index (χ0) is 15.9. The maximum absolute atomic E-state index is 12.8. The number of aliphatic carboxylic acids is 1. The largest absolute Gasteiger partial charge is 0.481 e.